The fourth-order valence-electron chi connectivity index (χ4n) is 1.33. The highest BCUT2D eigenvalue weighted by Gasteiger charge is 2.14. The maximum absolute atomic E-state index is 11.8. The van der Waals surface area contributed by atoms with Gasteiger partial charge in [-0.1, -0.05) is 21.1 Å². The Hall–Kier alpha value is -2.36. The first-order chi connectivity index (χ1) is 9.06. The average Bonchev–Trinajstić information content (AvgIpc) is 2.88. The molecule has 0 aliphatic rings. The van der Waals surface area contributed by atoms with Gasteiger partial charge in [0.2, 0.25) is 0 Å². The smallest absolute Gasteiger partial charge is 0.271 e. The van der Waals surface area contributed by atoms with Crippen molar-refractivity contribution < 1.29 is 9.72 Å². The number of hydrogen-bond donors (Lipinski definition) is 2. The van der Waals surface area contributed by atoms with Crippen LogP contribution in [-0.4, -0.2) is 31.5 Å². The standard InChI is InChI=1S/C9H7BrN6O3/c10-6-1-5(2-7(3-6)16(18)19)9(17)11-4-8-12-14-15-13-8/h1-3H,4H2,(H,11,17)(H,12,13,14,15). The van der Waals surface area contributed by atoms with Crippen molar-refractivity contribution >= 4 is 27.5 Å². The Balaban J connectivity index is 2.12. The molecule has 9 nitrogen and oxygen atoms in total. The molecule has 0 atom stereocenters. The van der Waals surface area contributed by atoms with E-state index in [2.05, 4.69) is 41.9 Å². The monoisotopic (exact) mass is 326 g/mol. The molecular formula is C9H7BrN6O3. The van der Waals surface area contributed by atoms with Crippen molar-refractivity contribution in [1.82, 2.24) is 25.9 Å². The number of tetrazole rings is 1. The maximum Gasteiger partial charge on any atom is 0.271 e. The average molecular weight is 327 g/mol. The molecule has 10 heteroatoms. The highest BCUT2D eigenvalue weighted by molar-refractivity contribution is 9.10. The topological polar surface area (TPSA) is 127 Å². The van der Waals surface area contributed by atoms with E-state index in [1.807, 2.05) is 0 Å². The van der Waals surface area contributed by atoms with Crippen LogP contribution in [0.5, 0.6) is 0 Å². The summed E-state index contributed by atoms with van der Waals surface area (Å²) in [7, 11) is 0. The van der Waals surface area contributed by atoms with Gasteiger partial charge in [-0.25, -0.2) is 0 Å². The van der Waals surface area contributed by atoms with Gasteiger partial charge in [0.1, 0.15) is 0 Å². The van der Waals surface area contributed by atoms with E-state index in [0.717, 1.165) is 0 Å². The van der Waals surface area contributed by atoms with Crippen LogP contribution in [0.4, 0.5) is 5.69 Å². The maximum atomic E-state index is 11.8. The normalized spacial score (nSPS) is 10.2. The number of nitrogens with zero attached hydrogens (tertiary/aromatic N) is 4. The van der Waals surface area contributed by atoms with Crippen molar-refractivity contribution in [2.24, 2.45) is 0 Å². The summed E-state index contributed by atoms with van der Waals surface area (Å²) in [4.78, 5) is 22.0. The van der Waals surface area contributed by atoms with E-state index in [0.29, 0.717) is 10.3 Å². The van der Waals surface area contributed by atoms with Crippen molar-refractivity contribution in [3.05, 3.63) is 44.2 Å². The van der Waals surface area contributed by atoms with Gasteiger partial charge in [-0.3, -0.25) is 14.9 Å². The second-order valence-electron chi connectivity index (χ2n) is 3.47. The molecule has 1 amide bonds. The van der Waals surface area contributed by atoms with Crippen molar-refractivity contribution in [3.63, 3.8) is 0 Å². The van der Waals surface area contributed by atoms with Crippen LogP contribution in [0.1, 0.15) is 16.2 Å². The van der Waals surface area contributed by atoms with E-state index in [1.54, 1.807) is 0 Å². The number of aromatic amines is 1. The summed E-state index contributed by atoms with van der Waals surface area (Å²) in [5, 5.41) is 26.1. The fourth-order valence-corrected chi connectivity index (χ4v) is 1.81. The molecule has 0 fully saturated rings. The Morgan fingerprint density at radius 3 is 2.89 bits per heavy atom. The number of nitrogens with one attached hydrogen (secondary N) is 2. The predicted molar refractivity (Wildman–Crippen MR) is 66.1 cm³/mol. The number of aromatic nitrogens is 4. The first-order valence-corrected chi connectivity index (χ1v) is 5.81. The zero-order chi connectivity index (χ0) is 13.8. The summed E-state index contributed by atoms with van der Waals surface area (Å²) in [6.07, 6.45) is 0. The molecule has 2 N–H and O–H groups in total. The third-order valence-electron chi connectivity index (χ3n) is 2.15. The minimum absolute atomic E-state index is 0.0790. The summed E-state index contributed by atoms with van der Waals surface area (Å²) in [5.41, 5.74) is 0.00339. The molecule has 1 aromatic heterocycles. The van der Waals surface area contributed by atoms with Crippen LogP contribution in [0.15, 0.2) is 22.7 Å². The lowest BCUT2D eigenvalue weighted by Crippen LogP contribution is -2.23. The molecule has 0 spiro atoms. The van der Waals surface area contributed by atoms with Crippen molar-refractivity contribution in [1.29, 1.82) is 0 Å². The van der Waals surface area contributed by atoms with Crippen LogP contribution in [0.25, 0.3) is 0 Å². The lowest BCUT2D eigenvalue weighted by Gasteiger charge is -2.03. The summed E-state index contributed by atoms with van der Waals surface area (Å²) < 4.78 is 0.450. The predicted octanol–water partition coefficient (Wildman–Crippen LogP) is 0.800. The van der Waals surface area contributed by atoms with Crippen LogP contribution in [-0.2, 0) is 6.54 Å². The van der Waals surface area contributed by atoms with Gasteiger partial charge in [0.25, 0.3) is 11.6 Å². The van der Waals surface area contributed by atoms with Gasteiger partial charge in [0.05, 0.1) is 11.5 Å². The number of hydrogen-bond acceptors (Lipinski definition) is 6. The van der Waals surface area contributed by atoms with Gasteiger partial charge in [-0.15, -0.1) is 10.2 Å². The number of nitro groups is 1. The molecule has 1 heterocycles. The molecule has 0 aliphatic heterocycles. The number of non-ortho nitro benzene ring substituents is 1. The van der Waals surface area contributed by atoms with Crippen LogP contribution in [0.2, 0.25) is 0 Å². The van der Waals surface area contributed by atoms with Crippen LogP contribution in [0, 0.1) is 10.1 Å². The summed E-state index contributed by atoms with van der Waals surface area (Å²) >= 11 is 3.12. The van der Waals surface area contributed by atoms with E-state index < -0.39 is 10.8 Å². The molecule has 0 aliphatic carbocycles. The molecule has 19 heavy (non-hydrogen) atoms. The quantitative estimate of drug-likeness (QED) is 0.632. The summed E-state index contributed by atoms with van der Waals surface area (Å²) in [6.45, 7) is 0.0790. The minimum atomic E-state index is -0.569. The highest BCUT2D eigenvalue weighted by Crippen LogP contribution is 2.21. The first-order valence-electron chi connectivity index (χ1n) is 5.02. The number of carbonyl (C=O) groups excluding carboxylic acids is 1. The number of carbonyl (C=O) groups is 1. The zero-order valence-electron chi connectivity index (χ0n) is 9.33. The molecular weight excluding hydrogens is 320 g/mol. The second kappa shape index (κ2) is 5.52. The van der Waals surface area contributed by atoms with Crippen LogP contribution < -0.4 is 5.32 Å². The Bertz CT molecular complexity index is 614. The Labute approximate surface area is 114 Å². The second-order valence-corrected chi connectivity index (χ2v) is 4.38. The summed E-state index contributed by atoms with van der Waals surface area (Å²) in [5.74, 6) is -0.146. The zero-order valence-corrected chi connectivity index (χ0v) is 10.9. The third-order valence-corrected chi connectivity index (χ3v) is 2.61. The van der Waals surface area contributed by atoms with Crippen molar-refractivity contribution in [2.75, 3.05) is 0 Å². The molecule has 0 radical (unpaired) electrons. The van der Waals surface area contributed by atoms with E-state index in [-0.39, 0.29) is 17.8 Å². The first kappa shape index (κ1) is 13.1. The van der Waals surface area contributed by atoms with E-state index in [1.165, 1.54) is 18.2 Å². The van der Waals surface area contributed by atoms with E-state index >= 15 is 0 Å². The van der Waals surface area contributed by atoms with Gasteiger partial charge in [0.15, 0.2) is 5.82 Å². The molecule has 2 aromatic rings. The number of H-pyrrole nitrogens is 1. The molecule has 98 valence electrons. The Kier molecular flexibility index (Phi) is 3.80. The third kappa shape index (κ3) is 3.31. The highest BCUT2D eigenvalue weighted by atomic mass is 79.9. The van der Waals surface area contributed by atoms with Gasteiger partial charge in [0, 0.05) is 22.2 Å². The number of halogens is 1. The number of rotatable bonds is 4. The largest absolute Gasteiger partial charge is 0.345 e. The number of nitro benzene ring substituents is 1. The van der Waals surface area contributed by atoms with Gasteiger partial charge < -0.3 is 5.32 Å². The van der Waals surface area contributed by atoms with E-state index in [4.69, 9.17) is 0 Å². The van der Waals surface area contributed by atoms with Crippen LogP contribution in [0.3, 0.4) is 0 Å². The number of benzene rings is 1. The Morgan fingerprint density at radius 1 is 1.47 bits per heavy atom. The summed E-state index contributed by atoms with van der Waals surface area (Å²) in [6, 6.07) is 3.99. The Morgan fingerprint density at radius 2 is 2.26 bits per heavy atom. The SMILES string of the molecule is O=C(NCc1nn[nH]n1)c1cc(Br)cc([N+](=O)[O-])c1. The molecule has 0 saturated heterocycles. The fraction of sp³-hybridized carbons (Fsp3) is 0.111. The van der Waals surface area contributed by atoms with Crippen LogP contribution >= 0.6 is 15.9 Å². The van der Waals surface area contributed by atoms with E-state index in [9.17, 15) is 14.9 Å². The molecule has 0 unspecified atom stereocenters. The number of amides is 1. The lowest BCUT2D eigenvalue weighted by molar-refractivity contribution is -0.385. The van der Waals surface area contributed by atoms with Crippen molar-refractivity contribution in [2.45, 2.75) is 6.54 Å². The lowest BCUT2D eigenvalue weighted by atomic mass is 10.2. The molecule has 0 bridgehead atoms. The molecule has 2 rings (SSSR count). The van der Waals surface area contributed by atoms with Gasteiger partial charge >= 0.3 is 0 Å². The minimum Gasteiger partial charge on any atom is -0.345 e. The van der Waals surface area contributed by atoms with Gasteiger partial charge in [-0.05, 0) is 6.07 Å². The van der Waals surface area contributed by atoms with Gasteiger partial charge in [-0.2, -0.15) is 5.21 Å². The molecule has 1 aromatic carbocycles. The molecule has 0 saturated carbocycles. The van der Waals surface area contributed by atoms with Crippen molar-refractivity contribution in [3.8, 4) is 0 Å².